The van der Waals surface area contributed by atoms with Gasteiger partial charge in [-0.1, -0.05) is 37.6 Å². The van der Waals surface area contributed by atoms with Gasteiger partial charge in [-0.05, 0) is 54.3 Å². The Labute approximate surface area is 177 Å². The fraction of sp³-hybridized carbons (Fsp3) is 0.435. The van der Waals surface area contributed by atoms with Gasteiger partial charge in [0.25, 0.3) is 0 Å². The molecule has 5 nitrogen and oxygen atoms in total. The quantitative estimate of drug-likeness (QED) is 0.774. The standard InChI is InChI=1S/C23H28ClN3O2/c1-23(2)14-16-11-17(24)13-19(22(28)29)20(16)25-21(23)15-5-4-6-18(12-15)27-9-7-26(3)8-10-27/h4-6,11-13,21,25H,7-10,14H2,1-3H3,(H,28,29). The minimum absolute atomic E-state index is 0.0155. The molecule has 1 unspecified atom stereocenters. The van der Waals surface area contributed by atoms with Gasteiger partial charge in [0.2, 0.25) is 0 Å². The number of carbonyl (C=O) groups is 1. The monoisotopic (exact) mass is 413 g/mol. The molecule has 2 aromatic rings. The van der Waals surface area contributed by atoms with Gasteiger partial charge in [-0.3, -0.25) is 0 Å². The van der Waals surface area contributed by atoms with Crippen LogP contribution < -0.4 is 10.2 Å². The average Bonchev–Trinajstić information content (AvgIpc) is 2.66. The number of nitrogens with zero attached hydrogens (tertiary/aromatic N) is 2. The third-order valence-electron chi connectivity index (χ3n) is 6.20. The minimum atomic E-state index is -0.958. The van der Waals surface area contributed by atoms with Gasteiger partial charge in [0, 0.05) is 36.9 Å². The highest BCUT2D eigenvalue weighted by atomic mass is 35.5. The number of halogens is 1. The lowest BCUT2D eigenvalue weighted by Gasteiger charge is -2.42. The van der Waals surface area contributed by atoms with Crippen LogP contribution in [0.5, 0.6) is 0 Å². The van der Waals surface area contributed by atoms with Crippen LogP contribution in [0.15, 0.2) is 36.4 Å². The van der Waals surface area contributed by atoms with E-state index in [1.165, 1.54) is 17.3 Å². The summed E-state index contributed by atoms with van der Waals surface area (Å²) in [7, 11) is 2.16. The zero-order valence-electron chi connectivity index (χ0n) is 17.2. The van der Waals surface area contributed by atoms with E-state index in [1.807, 2.05) is 6.07 Å². The average molecular weight is 414 g/mol. The van der Waals surface area contributed by atoms with Crippen molar-refractivity contribution >= 4 is 28.9 Å². The van der Waals surface area contributed by atoms with E-state index < -0.39 is 5.97 Å². The van der Waals surface area contributed by atoms with Gasteiger partial charge in [0.1, 0.15) is 0 Å². The Morgan fingerprint density at radius 2 is 1.90 bits per heavy atom. The first-order chi connectivity index (χ1) is 13.7. The summed E-state index contributed by atoms with van der Waals surface area (Å²) in [5, 5.41) is 13.7. The summed E-state index contributed by atoms with van der Waals surface area (Å²) < 4.78 is 0. The van der Waals surface area contributed by atoms with Crippen molar-refractivity contribution in [2.75, 3.05) is 43.4 Å². The van der Waals surface area contributed by atoms with Crippen LogP contribution in [0.2, 0.25) is 5.02 Å². The smallest absolute Gasteiger partial charge is 0.337 e. The molecule has 154 valence electrons. The van der Waals surface area contributed by atoms with Crippen LogP contribution in [-0.2, 0) is 6.42 Å². The largest absolute Gasteiger partial charge is 0.478 e. The SMILES string of the molecule is CN1CCN(c2cccc(C3Nc4c(cc(Cl)cc4C(=O)O)CC3(C)C)c2)CC1. The van der Waals surface area contributed by atoms with Crippen molar-refractivity contribution < 1.29 is 9.90 Å². The normalized spacial score (nSPS) is 21.4. The Morgan fingerprint density at radius 1 is 1.17 bits per heavy atom. The molecule has 0 amide bonds. The molecule has 1 atom stereocenters. The summed E-state index contributed by atoms with van der Waals surface area (Å²) in [6, 6.07) is 12.1. The molecule has 0 bridgehead atoms. The highest BCUT2D eigenvalue weighted by molar-refractivity contribution is 6.31. The number of benzene rings is 2. The van der Waals surface area contributed by atoms with Crippen LogP contribution in [0.4, 0.5) is 11.4 Å². The van der Waals surface area contributed by atoms with Crippen molar-refractivity contribution in [3.05, 3.63) is 58.1 Å². The Bertz CT molecular complexity index is 936. The first kappa shape index (κ1) is 20.0. The third-order valence-corrected chi connectivity index (χ3v) is 6.42. The molecule has 0 aliphatic carbocycles. The van der Waals surface area contributed by atoms with E-state index in [9.17, 15) is 9.90 Å². The second-order valence-corrected chi connectivity index (χ2v) is 9.36. The molecular weight excluding hydrogens is 386 g/mol. The first-order valence-corrected chi connectivity index (χ1v) is 10.5. The topological polar surface area (TPSA) is 55.8 Å². The fourth-order valence-electron chi connectivity index (χ4n) is 4.57. The van der Waals surface area contributed by atoms with Crippen LogP contribution >= 0.6 is 11.6 Å². The van der Waals surface area contributed by atoms with E-state index in [4.69, 9.17) is 11.6 Å². The van der Waals surface area contributed by atoms with Gasteiger partial charge in [-0.15, -0.1) is 0 Å². The Hall–Kier alpha value is -2.24. The molecule has 0 spiro atoms. The number of nitrogens with one attached hydrogen (secondary N) is 1. The van der Waals surface area contributed by atoms with E-state index in [-0.39, 0.29) is 17.0 Å². The molecule has 2 aromatic carbocycles. The molecular formula is C23H28ClN3O2. The summed E-state index contributed by atoms with van der Waals surface area (Å²) >= 11 is 6.19. The molecule has 2 N–H and O–H groups in total. The number of hydrogen-bond acceptors (Lipinski definition) is 4. The number of anilines is 2. The lowest BCUT2D eigenvalue weighted by atomic mass is 9.72. The summed E-state index contributed by atoms with van der Waals surface area (Å²) in [4.78, 5) is 16.6. The van der Waals surface area contributed by atoms with Gasteiger partial charge in [-0.25, -0.2) is 4.79 Å². The number of hydrogen-bond donors (Lipinski definition) is 2. The van der Waals surface area contributed by atoms with Crippen LogP contribution in [0.3, 0.4) is 0 Å². The van der Waals surface area contributed by atoms with Crippen molar-refractivity contribution in [2.24, 2.45) is 5.41 Å². The molecule has 6 heteroatoms. The van der Waals surface area contributed by atoms with Crippen LogP contribution in [0.25, 0.3) is 0 Å². The number of likely N-dealkylation sites (N-methyl/N-ethyl adjacent to an activating group) is 1. The number of rotatable bonds is 3. The van der Waals surface area contributed by atoms with E-state index in [0.29, 0.717) is 10.7 Å². The number of piperazine rings is 1. The van der Waals surface area contributed by atoms with Gasteiger partial charge in [-0.2, -0.15) is 0 Å². The summed E-state index contributed by atoms with van der Waals surface area (Å²) in [5.74, 6) is -0.958. The van der Waals surface area contributed by atoms with E-state index in [0.717, 1.165) is 38.2 Å². The summed E-state index contributed by atoms with van der Waals surface area (Å²) in [5.41, 5.74) is 4.22. The van der Waals surface area contributed by atoms with Crippen molar-refractivity contribution in [1.82, 2.24) is 4.90 Å². The highest BCUT2D eigenvalue weighted by Crippen LogP contribution is 2.47. The van der Waals surface area contributed by atoms with E-state index >= 15 is 0 Å². The minimum Gasteiger partial charge on any atom is -0.478 e. The highest BCUT2D eigenvalue weighted by Gasteiger charge is 2.38. The van der Waals surface area contributed by atoms with Crippen LogP contribution in [0, 0.1) is 5.41 Å². The van der Waals surface area contributed by atoms with Gasteiger partial charge in [0.05, 0.1) is 17.3 Å². The molecule has 29 heavy (non-hydrogen) atoms. The zero-order valence-corrected chi connectivity index (χ0v) is 18.0. The summed E-state index contributed by atoms with van der Waals surface area (Å²) in [6.45, 7) is 8.61. The predicted molar refractivity (Wildman–Crippen MR) is 118 cm³/mol. The lowest BCUT2D eigenvalue weighted by molar-refractivity contribution is 0.0697. The Morgan fingerprint density at radius 3 is 2.59 bits per heavy atom. The number of carboxylic acids is 1. The number of carboxylic acid groups (broad SMARTS) is 1. The van der Waals surface area contributed by atoms with Crippen molar-refractivity contribution in [3.63, 3.8) is 0 Å². The summed E-state index contributed by atoms with van der Waals surface area (Å²) in [6.07, 6.45) is 0.763. The maximum Gasteiger partial charge on any atom is 0.337 e. The first-order valence-electron chi connectivity index (χ1n) is 10.1. The molecule has 1 fully saturated rings. The fourth-order valence-corrected chi connectivity index (χ4v) is 4.82. The molecule has 2 heterocycles. The molecule has 4 rings (SSSR count). The predicted octanol–water partition coefficient (Wildman–Crippen LogP) is 4.53. The Balaban J connectivity index is 1.69. The van der Waals surface area contributed by atoms with Gasteiger partial charge in [0.15, 0.2) is 0 Å². The second kappa shape index (κ2) is 7.54. The second-order valence-electron chi connectivity index (χ2n) is 8.92. The maximum atomic E-state index is 11.8. The van der Waals surface area contributed by atoms with Crippen molar-refractivity contribution in [3.8, 4) is 0 Å². The molecule has 0 aromatic heterocycles. The van der Waals surface area contributed by atoms with Gasteiger partial charge < -0.3 is 20.2 Å². The molecule has 1 saturated heterocycles. The van der Waals surface area contributed by atoms with E-state index in [2.05, 4.69) is 60.3 Å². The van der Waals surface area contributed by atoms with Gasteiger partial charge >= 0.3 is 5.97 Å². The Kier molecular flexibility index (Phi) is 5.21. The van der Waals surface area contributed by atoms with Crippen LogP contribution in [-0.4, -0.2) is 49.2 Å². The van der Waals surface area contributed by atoms with Crippen LogP contribution in [0.1, 0.15) is 41.4 Å². The number of fused-ring (bicyclic) bond motifs is 1. The van der Waals surface area contributed by atoms with Crippen molar-refractivity contribution in [1.29, 1.82) is 0 Å². The van der Waals surface area contributed by atoms with E-state index in [1.54, 1.807) is 0 Å². The third kappa shape index (κ3) is 3.94. The molecule has 2 aliphatic rings. The lowest BCUT2D eigenvalue weighted by Crippen LogP contribution is -2.44. The zero-order chi connectivity index (χ0) is 20.8. The molecule has 0 saturated carbocycles. The number of aromatic carboxylic acids is 1. The molecule has 0 radical (unpaired) electrons. The molecule has 2 aliphatic heterocycles. The maximum absolute atomic E-state index is 11.8. The van der Waals surface area contributed by atoms with Crippen molar-refractivity contribution in [2.45, 2.75) is 26.3 Å².